The van der Waals surface area contributed by atoms with Crippen LogP contribution in [-0.2, 0) is 22.2 Å². The molecular weight excluding hydrogens is 484 g/mol. The molecule has 0 saturated carbocycles. The molecular formula is C21H21F2N7O4S. The van der Waals surface area contributed by atoms with Crippen LogP contribution in [-0.4, -0.2) is 51.6 Å². The van der Waals surface area contributed by atoms with Gasteiger partial charge in [-0.15, -0.1) is 10.2 Å². The van der Waals surface area contributed by atoms with Gasteiger partial charge in [0.15, 0.2) is 12.4 Å². The monoisotopic (exact) mass is 505 g/mol. The number of guanidine groups is 1. The van der Waals surface area contributed by atoms with Gasteiger partial charge in [-0.3, -0.25) is 0 Å². The third-order valence-electron chi connectivity index (χ3n) is 5.21. The first-order chi connectivity index (χ1) is 16.5. The molecule has 0 amide bonds. The smallest absolute Gasteiger partial charge is 0.253 e. The lowest BCUT2D eigenvalue weighted by Gasteiger charge is -2.34. The topological polar surface area (TPSA) is 150 Å². The lowest BCUT2D eigenvalue weighted by Crippen LogP contribution is -2.50. The second-order valence-corrected chi connectivity index (χ2v) is 9.94. The Morgan fingerprint density at radius 2 is 2.09 bits per heavy atom. The van der Waals surface area contributed by atoms with Crippen LogP contribution >= 0.6 is 0 Å². The molecule has 0 saturated heterocycles. The molecule has 1 aliphatic heterocycles. The van der Waals surface area contributed by atoms with Gasteiger partial charge in [-0.05, 0) is 30.7 Å². The maximum absolute atomic E-state index is 14.9. The highest BCUT2D eigenvalue weighted by atomic mass is 32.2. The highest BCUT2D eigenvalue weighted by Crippen LogP contribution is 2.34. The Labute approximate surface area is 199 Å². The van der Waals surface area contributed by atoms with Crippen molar-refractivity contribution in [2.45, 2.75) is 26.0 Å². The Balaban J connectivity index is 1.55. The average molecular weight is 506 g/mol. The predicted molar refractivity (Wildman–Crippen MR) is 121 cm³/mol. The number of aliphatic imine (C=N–C) groups is 1. The van der Waals surface area contributed by atoms with Crippen molar-refractivity contribution in [3.63, 3.8) is 0 Å². The number of nitrogens with two attached hydrogens (primary N) is 1. The van der Waals surface area contributed by atoms with Gasteiger partial charge in [0.2, 0.25) is 27.8 Å². The summed E-state index contributed by atoms with van der Waals surface area (Å²) in [5.74, 6) is -1.45. The van der Waals surface area contributed by atoms with Crippen molar-refractivity contribution in [1.82, 2.24) is 24.5 Å². The fourth-order valence-corrected chi connectivity index (χ4v) is 4.85. The van der Waals surface area contributed by atoms with Crippen molar-refractivity contribution < 1.29 is 26.4 Å². The van der Waals surface area contributed by atoms with Gasteiger partial charge in [-0.2, -0.15) is 0 Å². The molecule has 2 aromatic heterocycles. The number of sulfonamides is 1. The Bertz CT molecular complexity index is 1420. The molecule has 0 aliphatic carbocycles. The maximum Gasteiger partial charge on any atom is 0.253 e. The van der Waals surface area contributed by atoms with Crippen LogP contribution in [0.2, 0.25) is 0 Å². The zero-order chi connectivity index (χ0) is 25.4. The van der Waals surface area contributed by atoms with Gasteiger partial charge < -0.3 is 14.9 Å². The highest BCUT2D eigenvalue weighted by molar-refractivity contribution is 7.89. The second-order valence-electron chi connectivity index (χ2n) is 7.94. The normalized spacial score (nSPS) is 20.0. The van der Waals surface area contributed by atoms with Crippen molar-refractivity contribution in [2.75, 3.05) is 12.8 Å². The molecule has 2 N–H and O–H groups in total. The van der Waals surface area contributed by atoms with Crippen LogP contribution in [0.25, 0.3) is 11.9 Å². The minimum Gasteiger partial charge on any atom is -0.466 e. The first-order valence-corrected chi connectivity index (χ1v) is 11.8. The van der Waals surface area contributed by atoms with E-state index in [2.05, 4.69) is 25.2 Å². The molecule has 1 aromatic carbocycles. The maximum atomic E-state index is 14.9. The van der Waals surface area contributed by atoms with Crippen LogP contribution in [0.4, 0.5) is 8.78 Å². The zero-order valence-corrected chi connectivity index (χ0v) is 19.8. The van der Waals surface area contributed by atoms with Gasteiger partial charge in [0.1, 0.15) is 17.1 Å². The molecule has 0 spiro atoms. The summed E-state index contributed by atoms with van der Waals surface area (Å²) < 4.78 is 65.8. The molecule has 0 radical (unpaired) electrons. The van der Waals surface area contributed by atoms with Crippen LogP contribution in [0, 0.1) is 12.7 Å². The standard InChI is InChI=1S/C21H21F2N7O4S/c1-12-28-29-19(34-12)10-33-18-9-25-17(8-26-18)16(23)7-13-4-5-15(22)14(6-13)21(2)11-35(31,32)30(3)20(24)27-21/h4-9H,10-11H2,1-3H3,(H2,24,27)/b16-7-/t21-/m0/s1. The van der Waals surface area contributed by atoms with Crippen LogP contribution in [0.5, 0.6) is 5.88 Å². The van der Waals surface area contributed by atoms with Crippen LogP contribution in [0.1, 0.15) is 35.5 Å². The quantitative estimate of drug-likeness (QED) is 0.532. The van der Waals surface area contributed by atoms with Crippen molar-refractivity contribution in [1.29, 1.82) is 0 Å². The van der Waals surface area contributed by atoms with Gasteiger partial charge >= 0.3 is 0 Å². The third kappa shape index (κ3) is 5.11. The summed E-state index contributed by atoms with van der Waals surface area (Å²) in [5.41, 5.74) is 4.39. The fourth-order valence-electron chi connectivity index (χ4n) is 3.40. The molecule has 3 heterocycles. The Morgan fingerprint density at radius 1 is 1.31 bits per heavy atom. The van der Waals surface area contributed by atoms with E-state index in [4.69, 9.17) is 14.9 Å². The summed E-state index contributed by atoms with van der Waals surface area (Å²) in [6, 6.07) is 3.78. The predicted octanol–water partition coefficient (Wildman–Crippen LogP) is 2.16. The Kier molecular flexibility index (Phi) is 6.23. The van der Waals surface area contributed by atoms with E-state index >= 15 is 0 Å². The third-order valence-corrected chi connectivity index (χ3v) is 7.16. The Hall–Kier alpha value is -3.94. The molecule has 1 aliphatic rings. The van der Waals surface area contributed by atoms with E-state index in [1.807, 2.05) is 0 Å². The van der Waals surface area contributed by atoms with Crippen LogP contribution in [0.3, 0.4) is 0 Å². The summed E-state index contributed by atoms with van der Waals surface area (Å²) in [5, 5.41) is 7.46. The molecule has 1 atom stereocenters. The summed E-state index contributed by atoms with van der Waals surface area (Å²) in [7, 11) is -2.54. The largest absolute Gasteiger partial charge is 0.466 e. The van der Waals surface area contributed by atoms with E-state index in [1.165, 1.54) is 38.5 Å². The van der Waals surface area contributed by atoms with E-state index in [9.17, 15) is 17.2 Å². The zero-order valence-electron chi connectivity index (χ0n) is 18.9. The van der Waals surface area contributed by atoms with Gasteiger partial charge in [-0.25, -0.2) is 36.5 Å². The van der Waals surface area contributed by atoms with Crippen molar-refractivity contribution >= 4 is 27.9 Å². The molecule has 0 unspecified atom stereocenters. The second kappa shape index (κ2) is 9.02. The minimum atomic E-state index is -3.81. The number of halogens is 2. The van der Waals surface area contributed by atoms with E-state index in [0.29, 0.717) is 5.89 Å². The fraction of sp³-hybridized carbons (Fsp3) is 0.286. The van der Waals surface area contributed by atoms with Crippen molar-refractivity contribution in [3.8, 4) is 5.88 Å². The average Bonchev–Trinajstić information content (AvgIpc) is 3.22. The molecule has 3 aromatic rings. The lowest BCUT2D eigenvalue weighted by molar-refractivity contribution is 0.250. The highest BCUT2D eigenvalue weighted by Gasteiger charge is 2.41. The minimum absolute atomic E-state index is 0.0250. The summed E-state index contributed by atoms with van der Waals surface area (Å²) in [6.07, 6.45) is 3.51. The number of nitrogens with zero attached hydrogens (tertiary/aromatic N) is 6. The number of ether oxygens (including phenoxy) is 1. The van der Waals surface area contributed by atoms with E-state index < -0.39 is 33.0 Å². The van der Waals surface area contributed by atoms with Gasteiger partial charge in [0.25, 0.3) is 5.89 Å². The first kappa shape index (κ1) is 24.2. The molecule has 4 rings (SSSR count). The van der Waals surface area contributed by atoms with Crippen LogP contribution in [0.15, 0.2) is 40.0 Å². The number of aryl methyl sites for hydroxylation is 1. The van der Waals surface area contributed by atoms with Gasteiger partial charge in [-0.1, -0.05) is 6.07 Å². The van der Waals surface area contributed by atoms with Gasteiger partial charge in [0.05, 0.1) is 18.1 Å². The number of hydrogen-bond acceptors (Lipinski definition) is 10. The van der Waals surface area contributed by atoms with E-state index in [1.54, 1.807) is 6.92 Å². The Morgan fingerprint density at radius 3 is 2.71 bits per heavy atom. The van der Waals surface area contributed by atoms with Crippen molar-refractivity contribution in [2.24, 2.45) is 10.7 Å². The molecule has 35 heavy (non-hydrogen) atoms. The number of aromatic nitrogens is 4. The molecule has 0 bridgehead atoms. The first-order valence-electron chi connectivity index (χ1n) is 10.2. The molecule has 0 fully saturated rings. The van der Waals surface area contributed by atoms with Crippen molar-refractivity contribution in [3.05, 3.63) is 65.0 Å². The SMILES string of the molecule is Cc1nnc(COc2cnc(/C(F)=C/c3ccc(F)c([C@]4(C)CS(=O)(=O)N(C)C(N)=N4)c3)cn2)o1. The van der Waals surface area contributed by atoms with E-state index in [-0.39, 0.29) is 41.2 Å². The van der Waals surface area contributed by atoms with Crippen LogP contribution < -0.4 is 10.5 Å². The lowest BCUT2D eigenvalue weighted by atomic mass is 9.92. The number of rotatable bonds is 6. The summed E-state index contributed by atoms with van der Waals surface area (Å²) in [4.78, 5) is 12.2. The molecule has 184 valence electrons. The number of benzene rings is 1. The number of hydrogen-bond donors (Lipinski definition) is 1. The van der Waals surface area contributed by atoms with E-state index in [0.717, 1.165) is 16.4 Å². The van der Waals surface area contributed by atoms with Gasteiger partial charge in [0, 0.05) is 19.5 Å². The molecule has 14 heteroatoms. The molecule has 11 nitrogen and oxygen atoms in total. The summed E-state index contributed by atoms with van der Waals surface area (Å²) >= 11 is 0. The summed E-state index contributed by atoms with van der Waals surface area (Å²) in [6.45, 7) is 3.07.